The number of aromatic carboxylic acids is 1. The number of pyridine rings is 1. The number of hydrogen-bond donors (Lipinski definition) is 1. The van der Waals surface area contributed by atoms with E-state index in [2.05, 4.69) is 47.4 Å². The predicted molar refractivity (Wildman–Crippen MR) is 103 cm³/mol. The molecule has 0 aliphatic carbocycles. The van der Waals surface area contributed by atoms with Crippen LogP contribution < -0.4 is 0 Å². The monoisotopic (exact) mass is 360 g/mol. The standard InChI is InChI=1S/C22H20N2O3/c25-21(20-9-8-17(14-23-20)22(26)27)24-12-10-16(11-13-24)19-7-3-5-15-4-1-2-6-18(15)19/h1-9,14,16H,10-13H2,(H,26,27). The van der Waals surface area contributed by atoms with E-state index in [9.17, 15) is 9.59 Å². The molecule has 3 aromatic rings. The third-order valence-electron chi connectivity index (χ3n) is 5.27. The highest BCUT2D eigenvalue weighted by Crippen LogP contribution is 2.33. The normalized spacial score (nSPS) is 15.0. The molecule has 5 nitrogen and oxygen atoms in total. The third-order valence-corrected chi connectivity index (χ3v) is 5.27. The molecule has 1 aromatic heterocycles. The Bertz CT molecular complexity index is 985. The summed E-state index contributed by atoms with van der Waals surface area (Å²) in [4.78, 5) is 29.4. The van der Waals surface area contributed by atoms with E-state index in [1.165, 1.54) is 34.7 Å². The summed E-state index contributed by atoms with van der Waals surface area (Å²) in [6.45, 7) is 1.35. The van der Waals surface area contributed by atoms with E-state index in [0.717, 1.165) is 12.8 Å². The molecule has 2 aromatic carbocycles. The van der Waals surface area contributed by atoms with E-state index in [1.54, 1.807) is 0 Å². The molecule has 5 heteroatoms. The molecular formula is C22H20N2O3. The molecule has 0 radical (unpaired) electrons. The van der Waals surface area contributed by atoms with Crippen LogP contribution in [0.15, 0.2) is 60.8 Å². The van der Waals surface area contributed by atoms with Crippen LogP contribution in [-0.4, -0.2) is 40.0 Å². The molecule has 1 amide bonds. The molecule has 1 aliphatic rings. The van der Waals surface area contributed by atoms with Gasteiger partial charge in [0.05, 0.1) is 5.56 Å². The van der Waals surface area contributed by atoms with Crippen molar-refractivity contribution in [2.45, 2.75) is 18.8 Å². The Kier molecular flexibility index (Phi) is 4.59. The summed E-state index contributed by atoms with van der Waals surface area (Å²) in [5, 5.41) is 11.5. The third kappa shape index (κ3) is 3.40. The lowest BCUT2D eigenvalue weighted by molar-refractivity contribution is 0.0685. The summed E-state index contributed by atoms with van der Waals surface area (Å²) >= 11 is 0. The van der Waals surface area contributed by atoms with Gasteiger partial charge in [0.2, 0.25) is 0 Å². The molecule has 1 saturated heterocycles. The van der Waals surface area contributed by atoms with Crippen LogP contribution in [-0.2, 0) is 0 Å². The number of nitrogens with zero attached hydrogens (tertiary/aromatic N) is 2. The van der Waals surface area contributed by atoms with Crippen LogP contribution in [0.1, 0.15) is 45.2 Å². The van der Waals surface area contributed by atoms with E-state index in [0.29, 0.717) is 24.7 Å². The Hall–Kier alpha value is -3.21. The number of piperidine rings is 1. The van der Waals surface area contributed by atoms with Gasteiger partial charge in [-0.25, -0.2) is 4.79 Å². The number of likely N-dealkylation sites (tertiary alicyclic amines) is 1. The lowest BCUT2D eigenvalue weighted by atomic mass is 9.86. The van der Waals surface area contributed by atoms with Gasteiger partial charge in [0.1, 0.15) is 5.69 Å². The van der Waals surface area contributed by atoms with E-state index in [1.807, 2.05) is 4.90 Å². The van der Waals surface area contributed by atoms with Crippen molar-refractivity contribution in [3.8, 4) is 0 Å². The van der Waals surface area contributed by atoms with Gasteiger partial charge < -0.3 is 10.0 Å². The minimum atomic E-state index is -1.04. The maximum absolute atomic E-state index is 12.7. The molecule has 0 spiro atoms. The number of aromatic nitrogens is 1. The molecule has 136 valence electrons. The van der Waals surface area contributed by atoms with Crippen LogP contribution in [0, 0.1) is 0 Å². The van der Waals surface area contributed by atoms with Gasteiger partial charge >= 0.3 is 5.97 Å². The number of carboxylic acid groups (broad SMARTS) is 1. The van der Waals surface area contributed by atoms with Crippen molar-refractivity contribution in [1.82, 2.24) is 9.88 Å². The Labute approximate surface area is 157 Å². The van der Waals surface area contributed by atoms with Gasteiger partial charge in [-0.15, -0.1) is 0 Å². The second-order valence-electron chi connectivity index (χ2n) is 6.87. The maximum Gasteiger partial charge on any atom is 0.337 e. The summed E-state index contributed by atoms with van der Waals surface area (Å²) in [6.07, 6.45) is 3.05. The number of fused-ring (bicyclic) bond motifs is 1. The van der Waals surface area contributed by atoms with E-state index < -0.39 is 5.97 Å². The second kappa shape index (κ2) is 7.19. The van der Waals surface area contributed by atoms with Crippen molar-refractivity contribution in [1.29, 1.82) is 0 Å². The quantitative estimate of drug-likeness (QED) is 0.768. The molecular weight excluding hydrogens is 340 g/mol. The fourth-order valence-corrected chi connectivity index (χ4v) is 3.81. The first-order valence-corrected chi connectivity index (χ1v) is 9.10. The van der Waals surface area contributed by atoms with Crippen LogP contribution in [0.2, 0.25) is 0 Å². The topological polar surface area (TPSA) is 70.5 Å². The minimum Gasteiger partial charge on any atom is -0.478 e. The van der Waals surface area contributed by atoms with Gasteiger partial charge in [0, 0.05) is 19.3 Å². The summed E-state index contributed by atoms with van der Waals surface area (Å²) < 4.78 is 0. The Morgan fingerprint density at radius 1 is 0.963 bits per heavy atom. The maximum atomic E-state index is 12.7. The number of hydrogen-bond acceptors (Lipinski definition) is 3. The molecule has 4 rings (SSSR count). The highest BCUT2D eigenvalue weighted by Gasteiger charge is 2.26. The van der Waals surface area contributed by atoms with Gasteiger partial charge in [-0.2, -0.15) is 0 Å². The van der Waals surface area contributed by atoms with E-state index in [4.69, 9.17) is 5.11 Å². The summed E-state index contributed by atoms with van der Waals surface area (Å²) in [6, 6.07) is 17.7. The zero-order valence-corrected chi connectivity index (χ0v) is 14.8. The number of carbonyl (C=O) groups excluding carboxylic acids is 1. The zero-order chi connectivity index (χ0) is 18.8. The van der Waals surface area contributed by atoms with Gasteiger partial charge in [0.15, 0.2) is 0 Å². The molecule has 1 fully saturated rings. The first-order valence-electron chi connectivity index (χ1n) is 9.10. The lowest BCUT2D eigenvalue weighted by Crippen LogP contribution is -2.38. The largest absolute Gasteiger partial charge is 0.478 e. The summed E-state index contributed by atoms with van der Waals surface area (Å²) in [5.41, 5.74) is 1.73. The molecule has 1 aliphatic heterocycles. The summed E-state index contributed by atoms with van der Waals surface area (Å²) in [7, 11) is 0. The fourth-order valence-electron chi connectivity index (χ4n) is 3.81. The Balaban J connectivity index is 1.47. The highest BCUT2D eigenvalue weighted by molar-refractivity contribution is 5.94. The van der Waals surface area contributed by atoms with Crippen LogP contribution in [0.25, 0.3) is 10.8 Å². The van der Waals surface area contributed by atoms with Crippen LogP contribution in [0.4, 0.5) is 0 Å². The van der Waals surface area contributed by atoms with Crippen molar-refractivity contribution in [3.05, 3.63) is 77.6 Å². The highest BCUT2D eigenvalue weighted by atomic mass is 16.4. The smallest absolute Gasteiger partial charge is 0.337 e. The van der Waals surface area contributed by atoms with Crippen LogP contribution in [0.5, 0.6) is 0 Å². The molecule has 0 atom stereocenters. The first-order chi connectivity index (χ1) is 13.1. The van der Waals surface area contributed by atoms with Crippen LogP contribution >= 0.6 is 0 Å². The van der Waals surface area contributed by atoms with Crippen molar-refractivity contribution in [3.63, 3.8) is 0 Å². The SMILES string of the molecule is O=C(O)c1ccc(C(=O)N2CCC(c3cccc4ccccc34)CC2)nc1. The van der Waals surface area contributed by atoms with Gasteiger partial charge in [-0.05, 0) is 47.2 Å². The van der Waals surface area contributed by atoms with Gasteiger partial charge in [-0.1, -0.05) is 42.5 Å². The average molecular weight is 360 g/mol. The van der Waals surface area contributed by atoms with Crippen LogP contribution in [0.3, 0.4) is 0 Å². The zero-order valence-electron chi connectivity index (χ0n) is 14.8. The first kappa shape index (κ1) is 17.2. The van der Waals surface area contributed by atoms with Crippen molar-refractivity contribution in [2.75, 3.05) is 13.1 Å². The van der Waals surface area contributed by atoms with E-state index in [-0.39, 0.29) is 11.5 Å². The minimum absolute atomic E-state index is 0.0845. The molecule has 1 N–H and O–H groups in total. The number of carbonyl (C=O) groups is 2. The molecule has 0 unspecified atom stereocenters. The van der Waals surface area contributed by atoms with Gasteiger partial charge in [0.25, 0.3) is 5.91 Å². The van der Waals surface area contributed by atoms with Gasteiger partial charge in [-0.3, -0.25) is 9.78 Å². The predicted octanol–water partition coefficient (Wildman–Crippen LogP) is 3.95. The molecule has 27 heavy (non-hydrogen) atoms. The van der Waals surface area contributed by atoms with E-state index >= 15 is 0 Å². The lowest BCUT2D eigenvalue weighted by Gasteiger charge is -2.32. The number of benzene rings is 2. The number of amides is 1. The van der Waals surface area contributed by atoms with Crippen molar-refractivity contribution in [2.24, 2.45) is 0 Å². The Morgan fingerprint density at radius 3 is 2.41 bits per heavy atom. The molecule has 0 saturated carbocycles. The molecule has 0 bridgehead atoms. The van der Waals surface area contributed by atoms with Crippen molar-refractivity contribution >= 4 is 22.6 Å². The number of carboxylic acids is 1. The fraction of sp³-hybridized carbons (Fsp3) is 0.227. The van der Waals surface area contributed by atoms with Crippen molar-refractivity contribution < 1.29 is 14.7 Å². The number of rotatable bonds is 3. The molecule has 2 heterocycles. The summed E-state index contributed by atoms with van der Waals surface area (Å²) in [5.74, 6) is -0.747. The second-order valence-corrected chi connectivity index (χ2v) is 6.87. The average Bonchev–Trinajstić information content (AvgIpc) is 2.73. The Morgan fingerprint density at radius 2 is 1.70 bits per heavy atom.